The van der Waals surface area contributed by atoms with Crippen molar-refractivity contribution in [1.29, 1.82) is 5.26 Å². The number of nitrogens with one attached hydrogen (secondary N) is 1. The van der Waals surface area contributed by atoms with Gasteiger partial charge in [-0.25, -0.2) is 17.5 Å². The van der Waals surface area contributed by atoms with Crippen molar-refractivity contribution in [1.82, 2.24) is 4.31 Å². The standard InChI is InChI=1S/C25H23N3O6S/c1-28(13-12-23(29)18-6-3-2-4-7-18)35(33,34)20-9-5-8-19(15-20)24(30)27-22-11-10-17(16-26)14-21(22)25(31)32/h2-11,14-15,23,29H,12-13H2,1H3,(H,27,30)(H,31,32). The number of hydrogen-bond donors (Lipinski definition) is 3. The fraction of sp³-hybridized carbons (Fsp3) is 0.160. The maximum atomic E-state index is 13.0. The van der Waals surface area contributed by atoms with Crippen molar-refractivity contribution < 1.29 is 28.2 Å². The molecule has 0 spiro atoms. The molecule has 3 aromatic carbocycles. The van der Waals surface area contributed by atoms with Crippen molar-refractivity contribution in [2.45, 2.75) is 17.4 Å². The van der Waals surface area contributed by atoms with Gasteiger partial charge in [-0.1, -0.05) is 36.4 Å². The highest BCUT2D eigenvalue weighted by atomic mass is 32.2. The molecule has 0 bridgehead atoms. The van der Waals surface area contributed by atoms with E-state index in [4.69, 9.17) is 5.26 Å². The molecule has 180 valence electrons. The Hall–Kier alpha value is -4.04. The monoisotopic (exact) mass is 493 g/mol. The number of aliphatic hydroxyl groups is 1. The van der Waals surface area contributed by atoms with E-state index in [0.29, 0.717) is 5.56 Å². The van der Waals surface area contributed by atoms with Gasteiger partial charge in [0.1, 0.15) is 0 Å². The number of rotatable bonds is 9. The zero-order valence-electron chi connectivity index (χ0n) is 18.7. The molecule has 1 unspecified atom stereocenters. The van der Waals surface area contributed by atoms with Crippen molar-refractivity contribution in [3.8, 4) is 6.07 Å². The molecule has 0 aromatic heterocycles. The molecule has 3 rings (SSSR count). The lowest BCUT2D eigenvalue weighted by atomic mass is 10.1. The number of carbonyl (C=O) groups is 2. The van der Waals surface area contributed by atoms with Crippen LogP contribution >= 0.6 is 0 Å². The largest absolute Gasteiger partial charge is 0.478 e. The van der Waals surface area contributed by atoms with Crippen molar-refractivity contribution >= 4 is 27.6 Å². The number of anilines is 1. The zero-order chi connectivity index (χ0) is 25.6. The van der Waals surface area contributed by atoms with Crippen LogP contribution in [0.5, 0.6) is 0 Å². The summed E-state index contributed by atoms with van der Waals surface area (Å²) in [7, 11) is -2.58. The minimum absolute atomic E-state index is 0.00416. The average molecular weight is 494 g/mol. The number of nitriles is 1. The van der Waals surface area contributed by atoms with E-state index in [-0.39, 0.29) is 40.2 Å². The molecular weight excluding hydrogens is 470 g/mol. The van der Waals surface area contributed by atoms with Gasteiger partial charge in [-0.05, 0) is 48.4 Å². The van der Waals surface area contributed by atoms with Gasteiger partial charge < -0.3 is 15.5 Å². The summed E-state index contributed by atoms with van der Waals surface area (Å²) in [6, 6.07) is 19.9. The highest BCUT2D eigenvalue weighted by Gasteiger charge is 2.23. The summed E-state index contributed by atoms with van der Waals surface area (Å²) in [4.78, 5) is 24.1. The number of sulfonamides is 1. The molecular formula is C25H23N3O6S. The summed E-state index contributed by atoms with van der Waals surface area (Å²) in [6.45, 7) is 0.0437. The molecule has 3 N–H and O–H groups in total. The minimum atomic E-state index is -3.96. The quantitative estimate of drug-likeness (QED) is 0.414. The first-order valence-electron chi connectivity index (χ1n) is 10.5. The molecule has 1 atom stereocenters. The number of benzene rings is 3. The third kappa shape index (κ3) is 6.10. The summed E-state index contributed by atoms with van der Waals surface area (Å²) < 4.78 is 27.2. The van der Waals surface area contributed by atoms with Crippen LogP contribution in [0.3, 0.4) is 0 Å². The van der Waals surface area contributed by atoms with Gasteiger partial charge in [0.2, 0.25) is 10.0 Å². The van der Waals surface area contributed by atoms with E-state index in [9.17, 15) is 28.2 Å². The normalized spacial score (nSPS) is 12.1. The van der Waals surface area contributed by atoms with Crippen molar-refractivity contribution in [2.24, 2.45) is 0 Å². The average Bonchev–Trinajstić information content (AvgIpc) is 2.87. The SMILES string of the molecule is CN(CCC(O)c1ccccc1)S(=O)(=O)c1cccc(C(=O)Nc2ccc(C#N)cc2C(=O)O)c1. The van der Waals surface area contributed by atoms with Gasteiger partial charge in [-0.2, -0.15) is 5.26 Å². The summed E-state index contributed by atoms with van der Waals surface area (Å²) in [5.74, 6) is -2.04. The van der Waals surface area contributed by atoms with Crippen molar-refractivity contribution in [3.63, 3.8) is 0 Å². The predicted molar refractivity (Wildman–Crippen MR) is 128 cm³/mol. The van der Waals surface area contributed by atoms with Crippen LogP contribution in [0.4, 0.5) is 5.69 Å². The lowest BCUT2D eigenvalue weighted by Crippen LogP contribution is -2.29. The predicted octanol–water partition coefficient (Wildman–Crippen LogP) is 3.25. The van der Waals surface area contributed by atoms with E-state index in [2.05, 4.69) is 5.32 Å². The van der Waals surface area contributed by atoms with Gasteiger partial charge >= 0.3 is 5.97 Å². The number of aromatic carboxylic acids is 1. The first-order chi connectivity index (χ1) is 16.6. The smallest absolute Gasteiger partial charge is 0.337 e. The molecule has 9 nitrogen and oxygen atoms in total. The zero-order valence-corrected chi connectivity index (χ0v) is 19.6. The summed E-state index contributed by atoms with van der Waals surface area (Å²) in [5.41, 5.74) is 0.513. The summed E-state index contributed by atoms with van der Waals surface area (Å²) >= 11 is 0. The van der Waals surface area contributed by atoms with E-state index in [1.807, 2.05) is 12.1 Å². The number of hydrogen-bond acceptors (Lipinski definition) is 6. The second kappa shape index (κ2) is 10.9. The second-order valence-electron chi connectivity index (χ2n) is 7.70. The van der Waals surface area contributed by atoms with Gasteiger partial charge in [-0.3, -0.25) is 4.79 Å². The molecule has 0 radical (unpaired) electrons. The van der Waals surface area contributed by atoms with E-state index < -0.39 is 28.0 Å². The highest BCUT2D eigenvalue weighted by Crippen LogP contribution is 2.22. The fourth-order valence-corrected chi connectivity index (χ4v) is 4.57. The van der Waals surface area contributed by atoms with E-state index in [1.165, 1.54) is 43.4 Å². The van der Waals surface area contributed by atoms with Crippen LogP contribution in [0, 0.1) is 11.3 Å². The van der Waals surface area contributed by atoms with Gasteiger partial charge in [0.25, 0.3) is 5.91 Å². The van der Waals surface area contributed by atoms with Crippen molar-refractivity contribution in [2.75, 3.05) is 18.9 Å². The van der Waals surface area contributed by atoms with Gasteiger partial charge in [0, 0.05) is 19.2 Å². The number of aliphatic hydroxyl groups excluding tert-OH is 1. The van der Waals surface area contributed by atoms with Crippen molar-refractivity contribution in [3.05, 3.63) is 95.1 Å². The lowest BCUT2D eigenvalue weighted by molar-refractivity contribution is 0.0698. The molecule has 1 amide bonds. The Labute approximate surface area is 202 Å². The molecule has 35 heavy (non-hydrogen) atoms. The van der Waals surface area contributed by atoms with Crippen LogP contribution in [-0.4, -0.2) is 48.4 Å². The van der Waals surface area contributed by atoms with Crippen LogP contribution in [-0.2, 0) is 10.0 Å². The van der Waals surface area contributed by atoms with Crippen LogP contribution in [0.15, 0.2) is 77.7 Å². The minimum Gasteiger partial charge on any atom is -0.478 e. The Morgan fingerprint density at radius 2 is 1.77 bits per heavy atom. The Morgan fingerprint density at radius 3 is 2.43 bits per heavy atom. The Bertz CT molecular complexity index is 1380. The van der Waals surface area contributed by atoms with Crippen LogP contribution in [0.2, 0.25) is 0 Å². The molecule has 3 aromatic rings. The highest BCUT2D eigenvalue weighted by molar-refractivity contribution is 7.89. The van der Waals surface area contributed by atoms with Crippen LogP contribution in [0.1, 0.15) is 44.4 Å². The molecule has 0 aliphatic rings. The van der Waals surface area contributed by atoms with Gasteiger partial charge in [-0.15, -0.1) is 0 Å². The fourth-order valence-electron chi connectivity index (χ4n) is 3.34. The molecule has 0 saturated carbocycles. The molecule has 10 heteroatoms. The third-order valence-electron chi connectivity index (χ3n) is 5.33. The van der Waals surface area contributed by atoms with Crippen LogP contribution < -0.4 is 5.32 Å². The van der Waals surface area contributed by atoms with E-state index >= 15 is 0 Å². The van der Waals surface area contributed by atoms with E-state index in [0.717, 1.165) is 10.4 Å². The lowest BCUT2D eigenvalue weighted by Gasteiger charge is -2.19. The Balaban J connectivity index is 1.76. The topological polar surface area (TPSA) is 148 Å². The number of nitrogens with zero attached hydrogens (tertiary/aromatic N) is 2. The maximum Gasteiger partial charge on any atom is 0.337 e. The molecule has 0 fully saturated rings. The molecule has 0 heterocycles. The molecule has 0 saturated heterocycles. The summed E-state index contributed by atoms with van der Waals surface area (Å²) in [5, 5.41) is 31.1. The third-order valence-corrected chi connectivity index (χ3v) is 7.19. The number of amides is 1. The second-order valence-corrected chi connectivity index (χ2v) is 9.75. The first kappa shape index (κ1) is 25.6. The van der Waals surface area contributed by atoms with Crippen LogP contribution in [0.25, 0.3) is 0 Å². The Morgan fingerprint density at radius 1 is 1.06 bits per heavy atom. The molecule has 0 aliphatic heterocycles. The number of carbonyl (C=O) groups excluding carboxylic acids is 1. The summed E-state index contributed by atoms with van der Waals surface area (Å²) in [6.07, 6.45) is -0.654. The Kier molecular flexibility index (Phi) is 7.98. The van der Waals surface area contributed by atoms with E-state index in [1.54, 1.807) is 24.3 Å². The van der Waals surface area contributed by atoms with Gasteiger partial charge in [0.05, 0.1) is 33.9 Å². The molecule has 0 aliphatic carbocycles. The maximum absolute atomic E-state index is 13.0. The number of carboxylic acid groups (broad SMARTS) is 1. The first-order valence-corrected chi connectivity index (χ1v) is 12.0. The number of carboxylic acids is 1. The van der Waals surface area contributed by atoms with Gasteiger partial charge in [0.15, 0.2) is 0 Å².